The van der Waals surface area contributed by atoms with Gasteiger partial charge < -0.3 is 11.1 Å². The lowest BCUT2D eigenvalue weighted by atomic mass is 9.45. The first-order chi connectivity index (χ1) is 12.3. The number of carbonyl (C=O) groups is 1. The summed E-state index contributed by atoms with van der Waals surface area (Å²) >= 11 is 0. The molecule has 136 valence electrons. The van der Waals surface area contributed by atoms with Gasteiger partial charge in [-0.1, -0.05) is 0 Å². The highest BCUT2D eigenvalue weighted by atomic mass is 32.2. The molecule has 2 bridgehead atoms. The largest absolute Gasteiger partial charge is 0.383 e. The third-order valence-corrected chi connectivity index (χ3v) is 7.26. The van der Waals surface area contributed by atoms with Crippen molar-refractivity contribution in [3.63, 3.8) is 0 Å². The molecule has 3 aliphatic carbocycles. The number of carbonyl (C=O) groups excluding carboxylic acids is 1. The molecule has 0 spiro atoms. The summed E-state index contributed by atoms with van der Waals surface area (Å²) in [5, 5.41) is 2.61. The molecule has 0 aromatic carbocycles. The predicted molar refractivity (Wildman–Crippen MR) is 98.0 cm³/mol. The lowest BCUT2D eigenvalue weighted by molar-refractivity contribution is -0.114. The van der Waals surface area contributed by atoms with Gasteiger partial charge >= 0.3 is 0 Å². The molecule has 3 aliphatic rings. The number of anilines is 2. The van der Waals surface area contributed by atoms with Crippen LogP contribution in [-0.4, -0.2) is 30.0 Å². The highest BCUT2D eigenvalue weighted by Crippen LogP contribution is 2.65. The summed E-state index contributed by atoms with van der Waals surface area (Å²) < 4.78 is 25.8. The van der Waals surface area contributed by atoms with Gasteiger partial charge in [-0.2, -0.15) is 0 Å². The second-order valence-corrected chi connectivity index (χ2v) is 9.41. The number of nitrogens with one attached hydrogen (secondary N) is 1. The van der Waals surface area contributed by atoms with Crippen molar-refractivity contribution >= 4 is 27.4 Å². The Morgan fingerprint density at radius 2 is 2.00 bits per heavy atom. The fourth-order valence-corrected chi connectivity index (χ4v) is 6.03. The second kappa shape index (κ2) is 5.77. The molecule has 0 atom stereocenters. The molecule has 3 fully saturated rings. The van der Waals surface area contributed by atoms with Gasteiger partial charge in [-0.15, -0.1) is 0 Å². The molecule has 0 aliphatic heterocycles. The van der Waals surface area contributed by atoms with Crippen molar-refractivity contribution in [2.75, 3.05) is 16.8 Å². The third kappa shape index (κ3) is 2.94. The minimum Gasteiger partial charge on any atom is -0.383 e. The molecule has 0 unspecified atom stereocenters. The molecular formula is C18H20N4O3S. The number of amides is 1. The Balaban J connectivity index is 1.67. The van der Waals surface area contributed by atoms with Gasteiger partial charge in [0.05, 0.1) is 5.75 Å². The zero-order valence-corrected chi connectivity index (χ0v) is 15.2. The number of nitrogen functional groups attached to an aromatic ring is 1. The first kappa shape index (κ1) is 17.0. The summed E-state index contributed by atoms with van der Waals surface area (Å²) in [6.45, 7) is 1.40. The van der Waals surface area contributed by atoms with Gasteiger partial charge in [0.15, 0.2) is 9.84 Å². The van der Waals surface area contributed by atoms with Crippen LogP contribution in [0.5, 0.6) is 0 Å². The maximum atomic E-state index is 12.9. The van der Waals surface area contributed by atoms with E-state index in [-0.39, 0.29) is 27.8 Å². The van der Waals surface area contributed by atoms with Crippen molar-refractivity contribution in [1.82, 2.24) is 9.97 Å². The van der Waals surface area contributed by atoms with Crippen LogP contribution in [0.3, 0.4) is 0 Å². The van der Waals surface area contributed by atoms with E-state index >= 15 is 0 Å². The van der Waals surface area contributed by atoms with Crippen molar-refractivity contribution in [3.05, 3.63) is 30.6 Å². The van der Waals surface area contributed by atoms with E-state index in [0.29, 0.717) is 16.9 Å². The number of nitrogens with zero attached hydrogens (tertiary/aromatic N) is 2. The van der Waals surface area contributed by atoms with Gasteiger partial charge in [0.2, 0.25) is 5.91 Å². The molecule has 0 saturated heterocycles. The highest BCUT2D eigenvalue weighted by Gasteiger charge is 2.58. The van der Waals surface area contributed by atoms with E-state index in [1.165, 1.54) is 13.1 Å². The van der Waals surface area contributed by atoms with Crippen LogP contribution in [0.4, 0.5) is 11.6 Å². The average Bonchev–Trinajstić information content (AvgIpc) is 2.50. The Hall–Kier alpha value is -2.48. The number of pyridine rings is 2. The molecule has 3 saturated carbocycles. The monoisotopic (exact) mass is 372 g/mol. The number of sulfone groups is 1. The van der Waals surface area contributed by atoms with E-state index in [1.807, 2.05) is 0 Å². The Morgan fingerprint density at radius 3 is 2.62 bits per heavy atom. The van der Waals surface area contributed by atoms with Crippen LogP contribution in [0, 0.1) is 11.3 Å². The molecule has 2 aromatic rings. The van der Waals surface area contributed by atoms with Crippen LogP contribution in [0.2, 0.25) is 0 Å². The smallest absolute Gasteiger partial charge is 0.222 e. The minimum absolute atomic E-state index is 0.0245. The molecule has 2 aromatic heterocycles. The zero-order valence-electron chi connectivity index (χ0n) is 14.4. The molecule has 5 rings (SSSR count). The Kier molecular flexibility index (Phi) is 3.76. The lowest BCUT2D eigenvalue weighted by Crippen LogP contribution is -2.55. The number of hydrogen-bond donors (Lipinski definition) is 2. The second-order valence-electron chi connectivity index (χ2n) is 7.46. The number of aromatic nitrogens is 2. The highest BCUT2D eigenvalue weighted by molar-refractivity contribution is 7.91. The molecular weight excluding hydrogens is 352 g/mol. The van der Waals surface area contributed by atoms with E-state index in [0.717, 1.165) is 25.2 Å². The van der Waals surface area contributed by atoms with Crippen molar-refractivity contribution in [3.8, 4) is 11.1 Å². The molecule has 2 heterocycles. The van der Waals surface area contributed by atoms with Gasteiger partial charge in [-0.3, -0.25) is 4.79 Å². The summed E-state index contributed by atoms with van der Waals surface area (Å²) in [7, 11) is -3.50. The Morgan fingerprint density at radius 1 is 1.27 bits per heavy atom. The van der Waals surface area contributed by atoms with Gasteiger partial charge in [0, 0.05) is 24.9 Å². The number of hydrogen-bond acceptors (Lipinski definition) is 6. The fourth-order valence-electron chi connectivity index (χ4n) is 4.04. The summed E-state index contributed by atoms with van der Waals surface area (Å²) in [5.41, 5.74) is 7.16. The molecule has 7 nitrogen and oxygen atoms in total. The van der Waals surface area contributed by atoms with Crippen molar-refractivity contribution in [1.29, 1.82) is 0 Å². The molecule has 3 N–H and O–H groups in total. The lowest BCUT2D eigenvalue weighted by Gasteiger charge is -2.61. The van der Waals surface area contributed by atoms with Crippen LogP contribution in [0.25, 0.3) is 11.1 Å². The maximum Gasteiger partial charge on any atom is 0.222 e. The first-order valence-corrected chi connectivity index (χ1v) is 10.1. The van der Waals surface area contributed by atoms with Gasteiger partial charge in [-0.05, 0) is 54.4 Å². The number of nitrogens with two attached hydrogens (primary N) is 1. The van der Waals surface area contributed by atoms with Crippen molar-refractivity contribution in [2.24, 2.45) is 11.3 Å². The quantitative estimate of drug-likeness (QED) is 0.832. The minimum atomic E-state index is -3.50. The van der Waals surface area contributed by atoms with Crippen molar-refractivity contribution in [2.45, 2.75) is 31.1 Å². The van der Waals surface area contributed by atoms with Crippen LogP contribution < -0.4 is 11.1 Å². The summed E-state index contributed by atoms with van der Waals surface area (Å²) in [6.07, 6.45) is 6.09. The zero-order chi connectivity index (χ0) is 18.5. The van der Waals surface area contributed by atoms with Crippen LogP contribution in [-0.2, 0) is 14.6 Å². The van der Waals surface area contributed by atoms with Gasteiger partial charge in [-0.25, -0.2) is 18.4 Å². The van der Waals surface area contributed by atoms with Crippen molar-refractivity contribution < 1.29 is 13.2 Å². The van der Waals surface area contributed by atoms with E-state index < -0.39 is 9.84 Å². The maximum absolute atomic E-state index is 12.9. The van der Waals surface area contributed by atoms with Gasteiger partial charge in [0.25, 0.3) is 0 Å². The van der Waals surface area contributed by atoms with Crippen LogP contribution in [0.15, 0.2) is 35.5 Å². The normalized spacial score (nSPS) is 23.7. The Bertz CT molecular complexity index is 986. The molecule has 8 heteroatoms. The first-order valence-electron chi connectivity index (χ1n) is 8.49. The Labute approximate surface area is 152 Å². The van der Waals surface area contributed by atoms with E-state index in [9.17, 15) is 13.2 Å². The van der Waals surface area contributed by atoms with Crippen LogP contribution >= 0.6 is 0 Å². The van der Waals surface area contributed by atoms with Gasteiger partial charge in [0.1, 0.15) is 16.5 Å². The van der Waals surface area contributed by atoms with E-state index in [2.05, 4.69) is 15.3 Å². The summed E-state index contributed by atoms with van der Waals surface area (Å²) in [5.74, 6) is 1.05. The number of rotatable bonds is 5. The topological polar surface area (TPSA) is 115 Å². The molecule has 26 heavy (non-hydrogen) atoms. The fraction of sp³-hybridized carbons (Fsp3) is 0.389. The SMILES string of the molecule is CC(=O)Nc1cc(-c2cnc(N)c(S(=O)(=O)CC34CC(C3)C4)c2)ccn1. The van der Waals surface area contributed by atoms with E-state index in [4.69, 9.17) is 5.73 Å². The summed E-state index contributed by atoms with van der Waals surface area (Å²) in [4.78, 5) is 19.4. The third-order valence-electron chi connectivity index (χ3n) is 5.28. The standard InChI is InChI=1S/C18H20N4O3S/c1-11(23)22-16-5-13(2-3-20-16)14-4-15(17(19)21-9-14)26(24,25)10-18-6-12(7-18)8-18/h2-5,9,12H,6-8,10H2,1H3,(H2,19,21)(H,20,22,23). The van der Waals surface area contributed by atoms with E-state index in [1.54, 1.807) is 24.4 Å². The average molecular weight is 372 g/mol. The molecule has 0 radical (unpaired) electrons. The molecule has 1 amide bonds. The van der Waals surface area contributed by atoms with Crippen LogP contribution in [0.1, 0.15) is 26.2 Å². The summed E-state index contributed by atoms with van der Waals surface area (Å²) in [6, 6.07) is 4.97. The predicted octanol–water partition coefficient (Wildman–Crippen LogP) is 2.26.